The van der Waals surface area contributed by atoms with E-state index in [1.54, 1.807) is 7.05 Å². The van der Waals surface area contributed by atoms with E-state index in [1.807, 2.05) is 0 Å². The molecule has 2 N–H and O–H groups in total. The van der Waals surface area contributed by atoms with Gasteiger partial charge in [-0.15, -0.1) is 0 Å². The number of hydrogen-bond donors (Lipinski definition) is 2. The van der Waals surface area contributed by atoms with Crippen LogP contribution >= 0.6 is 0 Å². The molecule has 1 aliphatic rings. The van der Waals surface area contributed by atoms with Gasteiger partial charge in [0.2, 0.25) is 5.91 Å². The lowest BCUT2D eigenvalue weighted by Gasteiger charge is -2.11. The normalized spacial score (nSPS) is 29.6. The third-order valence-electron chi connectivity index (χ3n) is 2.38. The molecule has 1 rings (SSSR count). The Bertz CT molecular complexity index is 170. The minimum Gasteiger partial charge on any atom is -0.359 e. The molecule has 1 aliphatic carbocycles. The first-order chi connectivity index (χ1) is 5.63. The van der Waals surface area contributed by atoms with Crippen LogP contribution in [0.25, 0.3) is 0 Å². The number of hydrogen-bond acceptors (Lipinski definition) is 2. The highest BCUT2D eigenvalue weighted by molar-refractivity contribution is 5.76. The summed E-state index contributed by atoms with van der Waals surface area (Å²) < 4.78 is 0. The first-order valence-corrected chi connectivity index (χ1v) is 4.60. The second-order valence-electron chi connectivity index (χ2n) is 3.76. The summed E-state index contributed by atoms with van der Waals surface area (Å²) in [7, 11) is 1.68. The van der Waals surface area contributed by atoms with Gasteiger partial charge in [-0.3, -0.25) is 4.79 Å². The molecule has 1 fully saturated rings. The highest BCUT2D eigenvalue weighted by atomic mass is 16.1. The molecular formula is C9H18N2O. The first-order valence-electron chi connectivity index (χ1n) is 4.60. The van der Waals surface area contributed by atoms with Gasteiger partial charge in [0.1, 0.15) is 0 Å². The van der Waals surface area contributed by atoms with Crippen LogP contribution in [0, 0.1) is 5.92 Å². The Balaban J connectivity index is 2.11. The van der Waals surface area contributed by atoms with Gasteiger partial charge < -0.3 is 10.6 Å². The fourth-order valence-corrected chi connectivity index (χ4v) is 1.36. The van der Waals surface area contributed by atoms with Crippen LogP contribution in [0.1, 0.15) is 26.7 Å². The molecule has 3 heteroatoms. The molecule has 3 nitrogen and oxygen atoms in total. The van der Waals surface area contributed by atoms with Crippen molar-refractivity contribution < 1.29 is 4.79 Å². The van der Waals surface area contributed by atoms with Crippen molar-refractivity contribution in [2.45, 2.75) is 38.8 Å². The number of carbonyl (C=O) groups is 1. The van der Waals surface area contributed by atoms with Gasteiger partial charge in [0, 0.05) is 25.6 Å². The van der Waals surface area contributed by atoms with E-state index in [0.717, 1.165) is 5.92 Å². The standard InChI is InChI=1S/C9H18N2O/c1-6-4-8(6)11-7(2)5-9(12)10-3/h6-8,11H,4-5H2,1-3H3,(H,10,12). The number of nitrogens with one attached hydrogen (secondary N) is 2. The first kappa shape index (κ1) is 9.52. The van der Waals surface area contributed by atoms with Crippen molar-refractivity contribution in [3.8, 4) is 0 Å². The lowest BCUT2D eigenvalue weighted by atomic mass is 10.2. The SMILES string of the molecule is CNC(=O)CC(C)NC1CC1C. The van der Waals surface area contributed by atoms with E-state index < -0.39 is 0 Å². The third-order valence-corrected chi connectivity index (χ3v) is 2.38. The van der Waals surface area contributed by atoms with E-state index in [1.165, 1.54) is 6.42 Å². The minimum absolute atomic E-state index is 0.114. The summed E-state index contributed by atoms with van der Waals surface area (Å²) in [6.07, 6.45) is 1.85. The molecule has 0 aliphatic heterocycles. The minimum atomic E-state index is 0.114. The van der Waals surface area contributed by atoms with Crippen molar-refractivity contribution in [2.24, 2.45) is 5.92 Å². The van der Waals surface area contributed by atoms with Crippen LogP contribution in [-0.4, -0.2) is 25.0 Å². The molecule has 3 unspecified atom stereocenters. The van der Waals surface area contributed by atoms with Crippen LogP contribution in [0.4, 0.5) is 0 Å². The zero-order valence-corrected chi connectivity index (χ0v) is 8.05. The Hall–Kier alpha value is -0.570. The van der Waals surface area contributed by atoms with Gasteiger partial charge in [-0.1, -0.05) is 6.92 Å². The maximum Gasteiger partial charge on any atom is 0.221 e. The zero-order chi connectivity index (χ0) is 9.14. The summed E-state index contributed by atoms with van der Waals surface area (Å²) in [6, 6.07) is 0.963. The summed E-state index contributed by atoms with van der Waals surface area (Å²) in [5.74, 6) is 0.917. The predicted octanol–water partition coefficient (Wildman–Crippen LogP) is 0.509. The van der Waals surface area contributed by atoms with Crippen molar-refractivity contribution >= 4 is 5.91 Å². The summed E-state index contributed by atoms with van der Waals surface area (Å²) in [6.45, 7) is 4.28. The lowest BCUT2D eigenvalue weighted by molar-refractivity contribution is -0.121. The molecule has 0 bridgehead atoms. The van der Waals surface area contributed by atoms with Gasteiger partial charge in [0.15, 0.2) is 0 Å². The average Bonchev–Trinajstić information content (AvgIpc) is 2.66. The zero-order valence-electron chi connectivity index (χ0n) is 8.05. The van der Waals surface area contributed by atoms with E-state index in [-0.39, 0.29) is 5.91 Å². The Morgan fingerprint density at radius 2 is 2.25 bits per heavy atom. The second kappa shape index (κ2) is 3.90. The summed E-state index contributed by atoms with van der Waals surface area (Å²) in [5, 5.41) is 6.03. The predicted molar refractivity (Wildman–Crippen MR) is 48.9 cm³/mol. The fraction of sp³-hybridized carbons (Fsp3) is 0.889. The monoisotopic (exact) mass is 170 g/mol. The molecule has 12 heavy (non-hydrogen) atoms. The largest absolute Gasteiger partial charge is 0.359 e. The highest BCUT2D eigenvalue weighted by Gasteiger charge is 2.33. The molecule has 0 heterocycles. The maximum absolute atomic E-state index is 11.0. The van der Waals surface area contributed by atoms with Crippen LogP contribution < -0.4 is 10.6 Å². The summed E-state index contributed by atoms with van der Waals surface area (Å²) in [4.78, 5) is 11.0. The summed E-state index contributed by atoms with van der Waals surface area (Å²) >= 11 is 0. The molecule has 3 atom stereocenters. The average molecular weight is 170 g/mol. The number of rotatable bonds is 4. The van der Waals surface area contributed by atoms with Crippen LogP contribution in [0.15, 0.2) is 0 Å². The topological polar surface area (TPSA) is 41.1 Å². The molecule has 0 aromatic carbocycles. The fourth-order valence-electron chi connectivity index (χ4n) is 1.36. The van der Waals surface area contributed by atoms with Gasteiger partial charge in [0.25, 0.3) is 0 Å². The van der Waals surface area contributed by atoms with Gasteiger partial charge in [-0.2, -0.15) is 0 Å². The molecular weight excluding hydrogens is 152 g/mol. The van der Waals surface area contributed by atoms with Gasteiger partial charge in [-0.25, -0.2) is 0 Å². The van der Waals surface area contributed by atoms with E-state index in [9.17, 15) is 4.79 Å². The van der Waals surface area contributed by atoms with Crippen molar-refractivity contribution in [1.29, 1.82) is 0 Å². The van der Waals surface area contributed by atoms with Crippen LogP contribution in [-0.2, 0) is 4.79 Å². The summed E-state index contributed by atoms with van der Waals surface area (Å²) in [5.41, 5.74) is 0. The van der Waals surface area contributed by atoms with Crippen molar-refractivity contribution in [2.75, 3.05) is 7.05 Å². The third kappa shape index (κ3) is 2.81. The molecule has 0 spiro atoms. The molecule has 1 saturated carbocycles. The smallest absolute Gasteiger partial charge is 0.221 e. The van der Waals surface area contributed by atoms with Crippen molar-refractivity contribution in [3.63, 3.8) is 0 Å². The Kier molecular flexibility index (Phi) is 3.09. The molecule has 0 radical (unpaired) electrons. The molecule has 1 amide bonds. The molecule has 0 aromatic heterocycles. The van der Waals surface area contributed by atoms with Crippen molar-refractivity contribution in [3.05, 3.63) is 0 Å². The Labute approximate surface area is 73.9 Å². The van der Waals surface area contributed by atoms with E-state index in [0.29, 0.717) is 18.5 Å². The van der Waals surface area contributed by atoms with E-state index >= 15 is 0 Å². The number of amides is 1. The van der Waals surface area contributed by atoms with Crippen molar-refractivity contribution in [1.82, 2.24) is 10.6 Å². The Morgan fingerprint density at radius 1 is 1.67 bits per heavy atom. The van der Waals surface area contributed by atoms with Crippen LogP contribution in [0.3, 0.4) is 0 Å². The van der Waals surface area contributed by atoms with Crippen LogP contribution in [0.5, 0.6) is 0 Å². The van der Waals surface area contributed by atoms with Crippen LogP contribution in [0.2, 0.25) is 0 Å². The van der Waals surface area contributed by atoms with Gasteiger partial charge in [-0.05, 0) is 19.3 Å². The molecule has 0 aromatic rings. The van der Waals surface area contributed by atoms with E-state index in [2.05, 4.69) is 24.5 Å². The van der Waals surface area contributed by atoms with Gasteiger partial charge in [0.05, 0.1) is 0 Å². The quantitative estimate of drug-likeness (QED) is 0.645. The Morgan fingerprint density at radius 3 is 2.67 bits per heavy atom. The van der Waals surface area contributed by atoms with Gasteiger partial charge >= 0.3 is 0 Å². The number of carbonyl (C=O) groups excluding carboxylic acids is 1. The van der Waals surface area contributed by atoms with E-state index in [4.69, 9.17) is 0 Å². The second-order valence-corrected chi connectivity index (χ2v) is 3.76. The molecule has 0 saturated heterocycles. The highest BCUT2D eigenvalue weighted by Crippen LogP contribution is 2.29. The molecule has 70 valence electrons. The lowest BCUT2D eigenvalue weighted by Crippen LogP contribution is -2.34. The maximum atomic E-state index is 11.0.